The molecule has 1 fully saturated rings. The highest BCUT2D eigenvalue weighted by Gasteiger charge is 2.35. The maximum Gasteiger partial charge on any atom is 0.255 e. The summed E-state index contributed by atoms with van der Waals surface area (Å²) in [7, 11) is 1.58. The van der Waals surface area contributed by atoms with Crippen molar-refractivity contribution in [2.45, 2.75) is 38.1 Å². The number of rotatable bonds is 5. The summed E-state index contributed by atoms with van der Waals surface area (Å²) in [6.45, 7) is 3.02. The minimum absolute atomic E-state index is 0.0713. The molecule has 2 heterocycles. The van der Waals surface area contributed by atoms with Gasteiger partial charge in [-0.15, -0.1) is 0 Å². The number of carbonyl (C=O) groups excluding carboxylic acids is 1. The van der Waals surface area contributed by atoms with Crippen LogP contribution in [-0.2, 0) is 0 Å². The molecule has 1 aliphatic heterocycles. The molecule has 0 N–H and O–H groups in total. The second-order valence-corrected chi connectivity index (χ2v) is 6.22. The van der Waals surface area contributed by atoms with Crippen molar-refractivity contribution < 1.29 is 9.53 Å². The third kappa shape index (κ3) is 3.28. The van der Waals surface area contributed by atoms with Gasteiger partial charge in [-0.25, -0.2) is 4.98 Å². The van der Waals surface area contributed by atoms with E-state index in [1.165, 1.54) is 5.56 Å². The molecule has 1 aliphatic rings. The Bertz CT molecular complexity index is 670. The van der Waals surface area contributed by atoms with Gasteiger partial charge in [-0.2, -0.15) is 0 Å². The van der Waals surface area contributed by atoms with Crippen LogP contribution in [0, 0.1) is 0 Å². The molecule has 3 rings (SSSR count). The van der Waals surface area contributed by atoms with Gasteiger partial charge in [0.15, 0.2) is 0 Å². The topological polar surface area (TPSA) is 42.4 Å². The molecule has 0 radical (unpaired) electrons. The van der Waals surface area contributed by atoms with E-state index in [2.05, 4.69) is 36.2 Å². The number of hydrogen-bond acceptors (Lipinski definition) is 3. The minimum Gasteiger partial charge on any atom is -0.481 e. The molecule has 2 aromatic rings. The van der Waals surface area contributed by atoms with Gasteiger partial charge in [0.25, 0.3) is 5.91 Å². The summed E-state index contributed by atoms with van der Waals surface area (Å²) in [4.78, 5) is 19.2. The van der Waals surface area contributed by atoms with Gasteiger partial charge in [0.05, 0.1) is 12.7 Å². The van der Waals surface area contributed by atoms with Gasteiger partial charge in [-0.1, -0.05) is 37.3 Å². The Balaban J connectivity index is 1.82. The number of amides is 1. The highest BCUT2D eigenvalue weighted by atomic mass is 16.5. The van der Waals surface area contributed by atoms with Crippen LogP contribution in [0.3, 0.4) is 0 Å². The van der Waals surface area contributed by atoms with Crippen molar-refractivity contribution >= 4 is 5.91 Å². The van der Waals surface area contributed by atoms with E-state index >= 15 is 0 Å². The van der Waals surface area contributed by atoms with Crippen molar-refractivity contribution in [3.05, 3.63) is 59.8 Å². The Labute approximate surface area is 143 Å². The second-order valence-electron chi connectivity index (χ2n) is 6.22. The van der Waals surface area contributed by atoms with E-state index in [4.69, 9.17) is 4.74 Å². The van der Waals surface area contributed by atoms with E-state index < -0.39 is 0 Å². The zero-order valence-corrected chi connectivity index (χ0v) is 14.3. The van der Waals surface area contributed by atoms with Gasteiger partial charge < -0.3 is 9.64 Å². The Morgan fingerprint density at radius 3 is 2.71 bits per heavy atom. The number of likely N-dealkylation sites (tertiary alicyclic amines) is 1. The highest BCUT2D eigenvalue weighted by Crippen LogP contribution is 2.34. The SMILES string of the molecule is CC[C@H](c1ccccc1)[C@H]1CCCN1C(=O)c1ccc(OC)nc1. The summed E-state index contributed by atoms with van der Waals surface area (Å²) in [5.41, 5.74) is 1.95. The number of ether oxygens (including phenoxy) is 1. The lowest BCUT2D eigenvalue weighted by molar-refractivity contribution is 0.0714. The molecule has 1 aromatic carbocycles. The van der Waals surface area contributed by atoms with E-state index in [1.54, 1.807) is 25.4 Å². The molecule has 1 saturated heterocycles. The first-order valence-corrected chi connectivity index (χ1v) is 8.60. The van der Waals surface area contributed by atoms with Crippen LogP contribution >= 0.6 is 0 Å². The molecule has 126 valence electrons. The fourth-order valence-electron chi connectivity index (χ4n) is 3.69. The van der Waals surface area contributed by atoms with Crippen molar-refractivity contribution in [3.8, 4) is 5.88 Å². The predicted octanol–water partition coefficient (Wildman–Crippen LogP) is 3.89. The smallest absolute Gasteiger partial charge is 0.255 e. The van der Waals surface area contributed by atoms with Crippen LogP contribution in [-0.4, -0.2) is 35.5 Å². The molecular formula is C20H24N2O2. The fourth-order valence-corrected chi connectivity index (χ4v) is 3.69. The van der Waals surface area contributed by atoms with Crippen molar-refractivity contribution in [2.75, 3.05) is 13.7 Å². The number of aromatic nitrogens is 1. The van der Waals surface area contributed by atoms with Crippen LogP contribution in [0.4, 0.5) is 0 Å². The Kier molecular flexibility index (Phi) is 5.14. The van der Waals surface area contributed by atoms with E-state index in [1.807, 2.05) is 11.0 Å². The number of methoxy groups -OCH3 is 1. The Hall–Kier alpha value is -2.36. The van der Waals surface area contributed by atoms with Gasteiger partial charge in [0.2, 0.25) is 5.88 Å². The second kappa shape index (κ2) is 7.47. The minimum atomic E-state index is 0.0713. The van der Waals surface area contributed by atoms with E-state index in [0.29, 0.717) is 17.4 Å². The van der Waals surface area contributed by atoms with Crippen molar-refractivity contribution in [3.63, 3.8) is 0 Å². The summed E-state index contributed by atoms with van der Waals surface area (Å²) < 4.78 is 5.07. The molecule has 1 amide bonds. The first kappa shape index (κ1) is 16.5. The van der Waals surface area contributed by atoms with E-state index in [-0.39, 0.29) is 11.9 Å². The summed E-state index contributed by atoms with van der Waals surface area (Å²) >= 11 is 0. The number of nitrogens with zero attached hydrogens (tertiary/aromatic N) is 2. The predicted molar refractivity (Wildman–Crippen MR) is 94.3 cm³/mol. The third-order valence-electron chi connectivity index (χ3n) is 4.88. The van der Waals surface area contributed by atoms with E-state index in [0.717, 1.165) is 25.8 Å². The van der Waals surface area contributed by atoms with Crippen LogP contribution in [0.5, 0.6) is 5.88 Å². The number of pyridine rings is 1. The van der Waals surface area contributed by atoms with Gasteiger partial charge in [0.1, 0.15) is 0 Å². The normalized spacial score (nSPS) is 18.4. The van der Waals surface area contributed by atoms with Crippen molar-refractivity contribution in [1.29, 1.82) is 0 Å². The number of benzene rings is 1. The first-order chi connectivity index (χ1) is 11.7. The van der Waals surface area contributed by atoms with Crippen LogP contribution in [0.25, 0.3) is 0 Å². The van der Waals surface area contributed by atoms with Gasteiger partial charge in [0, 0.05) is 30.8 Å². The molecule has 4 nitrogen and oxygen atoms in total. The average molecular weight is 324 g/mol. The molecule has 2 atom stereocenters. The van der Waals surface area contributed by atoms with Crippen LogP contribution < -0.4 is 4.74 Å². The number of hydrogen-bond donors (Lipinski definition) is 0. The van der Waals surface area contributed by atoms with Gasteiger partial charge >= 0.3 is 0 Å². The maximum absolute atomic E-state index is 13.0. The molecule has 4 heteroatoms. The van der Waals surface area contributed by atoms with Gasteiger partial charge in [-0.05, 0) is 30.9 Å². The molecule has 0 unspecified atom stereocenters. The Morgan fingerprint density at radius 2 is 2.08 bits per heavy atom. The van der Waals surface area contributed by atoms with E-state index in [9.17, 15) is 4.79 Å². The molecule has 0 spiro atoms. The maximum atomic E-state index is 13.0. The summed E-state index contributed by atoms with van der Waals surface area (Å²) in [5, 5.41) is 0. The van der Waals surface area contributed by atoms with Gasteiger partial charge in [-0.3, -0.25) is 4.79 Å². The molecule has 1 aromatic heterocycles. The molecule has 0 aliphatic carbocycles. The summed E-state index contributed by atoms with van der Waals surface area (Å²) in [6, 6.07) is 14.3. The number of carbonyl (C=O) groups is 1. The highest BCUT2D eigenvalue weighted by molar-refractivity contribution is 5.94. The van der Waals surface area contributed by atoms with Crippen LogP contribution in [0.1, 0.15) is 48.0 Å². The van der Waals surface area contributed by atoms with Crippen LogP contribution in [0.2, 0.25) is 0 Å². The van der Waals surface area contributed by atoms with Crippen LogP contribution in [0.15, 0.2) is 48.7 Å². The standard InChI is InChI=1S/C20H24N2O2/c1-3-17(15-8-5-4-6-9-15)18-10-7-13-22(18)20(23)16-11-12-19(24-2)21-14-16/h4-6,8-9,11-12,14,17-18H,3,7,10,13H2,1-2H3/t17-,18-/m1/s1. The largest absolute Gasteiger partial charge is 0.481 e. The lowest BCUT2D eigenvalue weighted by Gasteiger charge is -2.31. The third-order valence-corrected chi connectivity index (χ3v) is 4.88. The van der Waals surface area contributed by atoms with Crippen molar-refractivity contribution in [2.24, 2.45) is 0 Å². The zero-order valence-electron chi connectivity index (χ0n) is 14.3. The first-order valence-electron chi connectivity index (χ1n) is 8.60. The lowest BCUT2D eigenvalue weighted by atomic mass is 9.87. The molecule has 0 bridgehead atoms. The quantitative estimate of drug-likeness (QED) is 0.838. The molecule has 24 heavy (non-hydrogen) atoms. The monoisotopic (exact) mass is 324 g/mol. The Morgan fingerprint density at radius 1 is 1.29 bits per heavy atom. The molecule has 0 saturated carbocycles. The molecular weight excluding hydrogens is 300 g/mol. The summed E-state index contributed by atoms with van der Waals surface area (Å²) in [5.74, 6) is 0.978. The zero-order chi connectivity index (χ0) is 16.9. The fraction of sp³-hybridized carbons (Fsp3) is 0.400. The summed E-state index contributed by atoms with van der Waals surface area (Å²) in [6.07, 6.45) is 4.76. The lowest BCUT2D eigenvalue weighted by Crippen LogP contribution is -2.39. The average Bonchev–Trinajstić information content (AvgIpc) is 3.12. The van der Waals surface area contributed by atoms with Crippen molar-refractivity contribution in [1.82, 2.24) is 9.88 Å².